The van der Waals surface area contributed by atoms with Gasteiger partial charge < -0.3 is 5.11 Å². The molecule has 0 saturated carbocycles. The summed E-state index contributed by atoms with van der Waals surface area (Å²) in [5, 5.41) is 10.6. The summed E-state index contributed by atoms with van der Waals surface area (Å²) >= 11 is 1.16. The predicted octanol–water partition coefficient (Wildman–Crippen LogP) is 3.29. The molecule has 1 aromatic carbocycles. The van der Waals surface area contributed by atoms with Crippen molar-refractivity contribution in [3.8, 4) is 0 Å². The standard InChI is InChI=1S/C12H7F2NO2S/c13-8-3-1-7(5-9(8)14)2-4-11-15-10(6-18-11)12(16)17/h1-6H,(H,16,17)/b4-2+. The Hall–Kier alpha value is -2.08. The zero-order valence-electron chi connectivity index (χ0n) is 8.93. The lowest BCUT2D eigenvalue weighted by Crippen LogP contribution is -1.95. The molecule has 18 heavy (non-hydrogen) atoms. The SMILES string of the molecule is O=C(O)c1csc(/C=C/c2ccc(F)c(F)c2)n1. The van der Waals surface area contributed by atoms with Crippen LogP contribution in [-0.4, -0.2) is 16.1 Å². The molecule has 2 aromatic rings. The summed E-state index contributed by atoms with van der Waals surface area (Å²) in [7, 11) is 0. The van der Waals surface area contributed by atoms with Crippen LogP contribution in [0.15, 0.2) is 23.6 Å². The lowest BCUT2D eigenvalue weighted by molar-refractivity contribution is 0.0691. The number of benzene rings is 1. The second kappa shape index (κ2) is 5.05. The first-order chi connectivity index (χ1) is 8.56. The third-order valence-electron chi connectivity index (χ3n) is 2.10. The summed E-state index contributed by atoms with van der Waals surface area (Å²) in [6.07, 6.45) is 3.08. The first-order valence-corrected chi connectivity index (χ1v) is 5.76. The highest BCUT2D eigenvalue weighted by atomic mass is 32.1. The molecule has 6 heteroatoms. The van der Waals surface area contributed by atoms with Crippen molar-refractivity contribution >= 4 is 29.5 Å². The molecule has 1 N–H and O–H groups in total. The van der Waals surface area contributed by atoms with Crippen molar-refractivity contribution < 1.29 is 18.7 Å². The number of rotatable bonds is 3. The molecule has 0 radical (unpaired) electrons. The van der Waals surface area contributed by atoms with E-state index in [0.29, 0.717) is 10.6 Å². The zero-order valence-corrected chi connectivity index (χ0v) is 9.75. The fourth-order valence-corrected chi connectivity index (χ4v) is 1.93. The highest BCUT2D eigenvalue weighted by Crippen LogP contribution is 2.15. The summed E-state index contributed by atoms with van der Waals surface area (Å²) in [5.74, 6) is -2.93. The van der Waals surface area contributed by atoms with Gasteiger partial charge in [0.2, 0.25) is 0 Å². The number of aromatic carboxylic acids is 1. The second-order valence-electron chi connectivity index (χ2n) is 3.38. The molecule has 2 rings (SSSR count). The summed E-state index contributed by atoms with van der Waals surface area (Å²) in [6, 6.07) is 3.50. The Morgan fingerprint density at radius 3 is 2.67 bits per heavy atom. The number of halogens is 2. The van der Waals surface area contributed by atoms with Crippen LogP contribution in [0.3, 0.4) is 0 Å². The molecule has 0 unspecified atom stereocenters. The second-order valence-corrected chi connectivity index (χ2v) is 4.27. The van der Waals surface area contributed by atoms with Crippen molar-refractivity contribution in [2.24, 2.45) is 0 Å². The summed E-state index contributed by atoms with van der Waals surface area (Å²) in [5.41, 5.74) is 0.436. The van der Waals surface area contributed by atoms with E-state index in [-0.39, 0.29) is 5.69 Å². The van der Waals surface area contributed by atoms with Crippen LogP contribution in [0.5, 0.6) is 0 Å². The molecule has 0 fully saturated rings. The van der Waals surface area contributed by atoms with Crippen molar-refractivity contribution in [1.82, 2.24) is 4.98 Å². The molecule has 3 nitrogen and oxygen atoms in total. The van der Waals surface area contributed by atoms with Gasteiger partial charge in [0.25, 0.3) is 0 Å². The van der Waals surface area contributed by atoms with Crippen molar-refractivity contribution in [2.75, 3.05) is 0 Å². The van der Waals surface area contributed by atoms with Crippen molar-refractivity contribution in [2.45, 2.75) is 0 Å². The molecule has 0 spiro atoms. The molecular formula is C12H7F2NO2S. The van der Waals surface area contributed by atoms with Gasteiger partial charge in [-0.25, -0.2) is 18.6 Å². The van der Waals surface area contributed by atoms with E-state index in [2.05, 4.69) is 4.98 Å². The van der Waals surface area contributed by atoms with E-state index in [9.17, 15) is 13.6 Å². The minimum Gasteiger partial charge on any atom is -0.476 e. The monoisotopic (exact) mass is 267 g/mol. The van der Waals surface area contributed by atoms with E-state index < -0.39 is 17.6 Å². The lowest BCUT2D eigenvalue weighted by Gasteiger charge is -1.94. The number of hydrogen-bond donors (Lipinski definition) is 1. The molecule has 1 heterocycles. The maximum atomic E-state index is 12.9. The van der Waals surface area contributed by atoms with Gasteiger partial charge in [0, 0.05) is 5.38 Å². The van der Waals surface area contributed by atoms with E-state index in [4.69, 9.17) is 5.11 Å². The van der Waals surface area contributed by atoms with Gasteiger partial charge in [0.05, 0.1) is 0 Å². The van der Waals surface area contributed by atoms with Gasteiger partial charge in [0.15, 0.2) is 17.3 Å². The number of carboxylic acids is 1. The molecule has 0 bridgehead atoms. The van der Waals surface area contributed by atoms with Crippen LogP contribution in [0.1, 0.15) is 21.1 Å². The fraction of sp³-hybridized carbons (Fsp3) is 0. The maximum absolute atomic E-state index is 12.9. The topological polar surface area (TPSA) is 50.2 Å². The molecule has 1 aromatic heterocycles. The molecule has 0 saturated heterocycles. The fourth-order valence-electron chi connectivity index (χ4n) is 1.25. The molecule has 92 valence electrons. The van der Waals surface area contributed by atoms with Crippen LogP contribution in [-0.2, 0) is 0 Å². The van der Waals surface area contributed by atoms with Crippen molar-refractivity contribution in [1.29, 1.82) is 0 Å². The van der Waals surface area contributed by atoms with Gasteiger partial charge >= 0.3 is 5.97 Å². The minimum absolute atomic E-state index is 0.0371. The number of thiazole rings is 1. The Balaban J connectivity index is 2.19. The van der Waals surface area contributed by atoms with Crippen LogP contribution < -0.4 is 0 Å². The van der Waals surface area contributed by atoms with Gasteiger partial charge in [0.1, 0.15) is 5.01 Å². The molecule has 0 aliphatic rings. The first kappa shape index (κ1) is 12.4. The van der Waals surface area contributed by atoms with Crippen molar-refractivity contribution in [3.05, 3.63) is 51.5 Å². The predicted molar refractivity (Wildman–Crippen MR) is 64.4 cm³/mol. The molecule has 0 amide bonds. The number of nitrogens with zero attached hydrogens (tertiary/aromatic N) is 1. The third kappa shape index (κ3) is 2.78. The van der Waals surface area contributed by atoms with Crippen LogP contribution in [0, 0.1) is 11.6 Å². The van der Waals surface area contributed by atoms with Crippen molar-refractivity contribution in [3.63, 3.8) is 0 Å². The number of carbonyl (C=O) groups is 1. The highest BCUT2D eigenvalue weighted by molar-refractivity contribution is 7.10. The number of hydrogen-bond acceptors (Lipinski definition) is 3. The largest absolute Gasteiger partial charge is 0.476 e. The Bertz CT molecular complexity index is 622. The Kier molecular flexibility index (Phi) is 3.47. The van der Waals surface area contributed by atoms with Gasteiger partial charge in [-0.05, 0) is 23.8 Å². The molecular weight excluding hydrogens is 260 g/mol. The summed E-state index contributed by atoms with van der Waals surface area (Å²) in [4.78, 5) is 14.4. The Labute approximate surface area is 105 Å². The van der Waals surface area contributed by atoms with Gasteiger partial charge in [-0.1, -0.05) is 12.1 Å². The van der Waals surface area contributed by atoms with E-state index in [1.54, 1.807) is 6.08 Å². The maximum Gasteiger partial charge on any atom is 0.355 e. The minimum atomic E-state index is -1.10. The highest BCUT2D eigenvalue weighted by Gasteiger charge is 2.06. The molecule has 0 atom stereocenters. The van der Waals surface area contributed by atoms with Gasteiger partial charge in [-0.3, -0.25) is 0 Å². The molecule has 0 aliphatic carbocycles. The van der Waals surface area contributed by atoms with E-state index in [0.717, 1.165) is 23.5 Å². The normalized spacial score (nSPS) is 11.0. The van der Waals surface area contributed by atoms with Crippen LogP contribution >= 0.6 is 11.3 Å². The Morgan fingerprint density at radius 1 is 1.28 bits per heavy atom. The number of carboxylic acid groups (broad SMARTS) is 1. The zero-order chi connectivity index (χ0) is 13.1. The van der Waals surface area contributed by atoms with E-state index >= 15 is 0 Å². The average molecular weight is 267 g/mol. The van der Waals surface area contributed by atoms with Crippen LogP contribution in [0.4, 0.5) is 8.78 Å². The number of aromatic nitrogens is 1. The quantitative estimate of drug-likeness (QED) is 0.928. The van der Waals surface area contributed by atoms with E-state index in [1.165, 1.54) is 17.5 Å². The summed E-state index contributed by atoms with van der Waals surface area (Å²) in [6.45, 7) is 0. The van der Waals surface area contributed by atoms with Crippen LogP contribution in [0.25, 0.3) is 12.2 Å². The first-order valence-electron chi connectivity index (χ1n) is 4.88. The van der Waals surface area contributed by atoms with Gasteiger partial charge in [-0.15, -0.1) is 11.3 Å². The van der Waals surface area contributed by atoms with Crippen LogP contribution in [0.2, 0.25) is 0 Å². The Morgan fingerprint density at radius 2 is 2.06 bits per heavy atom. The van der Waals surface area contributed by atoms with Gasteiger partial charge in [-0.2, -0.15) is 0 Å². The average Bonchev–Trinajstić information content (AvgIpc) is 2.79. The third-order valence-corrected chi connectivity index (χ3v) is 2.91. The molecule has 0 aliphatic heterocycles. The summed E-state index contributed by atoms with van der Waals surface area (Å²) < 4.78 is 25.6. The smallest absolute Gasteiger partial charge is 0.355 e. The van der Waals surface area contributed by atoms with E-state index in [1.807, 2.05) is 0 Å². The lowest BCUT2D eigenvalue weighted by atomic mass is 10.2.